The van der Waals surface area contributed by atoms with Gasteiger partial charge in [-0.3, -0.25) is 4.57 Å². The number of rotatable bonds is 3. The number of fused-ring (bicyclic) bond motifs is 9. The number of para-hydroxylation sites is 3. The average molecular weight is 587 g/mol. The zero-order valence-corrected chi connectivity index (χ0v) is 24.8. The molecule has 0 fully saturated rings. The fourth-order valence-electron chi connectivity index (χ4n) is 7.28. The lowest BCUT2D eigenvalue weighted by molar-refractivity contribution is 1.02. The first-order chi connectivity index (χ1) is 22.8. The van der Waals surface area contributed by atoms with Crippen LogP contribution in [0.5, 0.6) is 0 Å². The molecule has 0 unspecified atom stereocenters. The van der Waals surface area contributed by atoms with Gasteiger partial charge in [0, 0.05) is 43.6 Å². The van der Waals surface area contributed by atoms with Crippen LogP contribution in [0.15, 0.2) is 158 Å². The van der Waals surface area contributed by atoms with Crippen LogP contribution in [0, 0.1) is 0 Å². The second-order valence-electron chi connectivity index (χ2n) is 11.8. The van der Waals surface area contributed by atoms with Crippen LogP contribution in [-0.2, 0) is 0 Å². The molecule has 214 valence electrons. The molecule has 3 heterocycles. The molecule has 10 aromatic rings. The summed E-state index contributed by atoms with van der Waals surface area (Å²) in [5.41, 5.74) is 8.58. The van der Waals surface area contributed by atoms with Crippen LogP contribution in [-0.4, -0.2) is 19.1 Å². The van der Waals surface area contributed by atoms with Gasteiger partial charge in [0.15, 0.2) is 0 Å². The van der Waals surface area contributed by atoms with Crippen molar-refractivity contribution in [3.05, 3.63) is 158 Å². The van der Waals surface area contributed by atoms with Crippen molar-refractivity contribution in [2.45, 2.75) is 0 Å². The molecule has 0 spiro atoms. The molecule has 0 saturated heterocycles. The number of hydrogen-bond donors (Lipinski definition) is 0. The maximum Gasteiger partial charge on any atom is 0.235 e. The molecule has 7 aromatic carbocycles. The smallest absolute Gasteiger partial charge is 0.235 e. The minimum atomic E-state index is 0.663. The summed E-state index contributed by atoms with van der Waals surface area (Å²) in [7, 11) is 0. The van der Waals surface area contributed by atoms with Crippen LogP contribution in [0.4, 0.5) is 0 Å². The standard InChI is InChI=1S/C42H26N4/c1-3-14-28(15-4-1)40-33-20-9-11-21-36(33)43-42(44-40)46-39-26-38-34(25-35(39)32-24-23-27-13-7-8-18-30(27)41(32)46)31-19-10-12-22-37(31)45(38)29-16-5-2-6-17-29/h1-26H. The molecular weight excluding hydrogens is 560 g/mol. The first-order valence-electron chi connectivity index (χ1n) is 15.6. The molecule has 4 heteroatoms. The highest BCUT2D eigenvalue weighted by Gasteiger charge is 2.22. The van der Waals surface area contributed by atoms with Gasteiger partial charge in [0.05, 0.1) is 33.3 Å². The van der Waals surface area contributed by atoms with Crippen LogP contribution < -0.4 is 0 Å². The molecule has 0 saturated carbocycles. The van der Waals surface area contributed by atoms with Gasteiger partial charge >= 0.3 is 0 Å². The monoisotopic (exact) mass is 586 g/mol. The van der Waals surface area contributed by atoms with Crippen molar-refractivity contribution in [2.75, 3.05) is 0 Å². The Labute approximate surface area is 264 Å². The summed E-state index contributed by atoms with van der Waals surface area (Å²) < 4.78 is 4.67. The zero-order valence-electron chi connectivity index (χ0n) is 24.8. The van der Waals surface area contributed by atoms with E-state index in [2.05, 4.69) is 161 Å². The molecule has 0 amide bonds. The van der Waals surface area contributed by atoms with E-state index in [0.717, 1.165) is 44.4 Å². The highest BCUT2D eigenvalue weighted by molar-refractivity contribution is 6.23. The van der Waals surface area contributed by atoms with Crippen LogP contribution in [0.1, 0.15) is 0 Å². The Kier molecular flexibility index (Phi) is 5.25. The van der Waals surface area contributed by atoms with Crippen LogP contribution in [0.2, 0.25) is 0 Å². The third-order valence-corrected chi connectivity index (χ3v) is 9.30. The van der Waals surface area contributed by atoms with Gasteiger partial charge in [-0.05, 0) is 41.8 Å². The minimum Gasteiger partial charge on any atom is -0.309 e. The molecule has 4 nitrogen and oxygen atoms in total. The molecule has 3 aromatic heterocycles. The van der Waals surface area contributed by atoms with Crippen molar-refractivity contribution < 1.29 is 0 Å². The predicted molar refractivity (Wildman–Crippen MR) is 191 cm³/mol. The van der Waals surface area contributed by atoms with Crippen LogP contribution in [0.25, 0.3) is 88.2 Å². The van der Waals surface area contributed by atoms with Gasteiger partial charge < -0.3 is 4.57 Å². The van der Waals surface area contributed by atoms with Gasteiger partial charge in [0.25, 0.3) is 0 Å². The lowest BCUT2D eigenvalue weighted by Gasteiger charge is -2.13. The van der Waals surface area contributed by atoms with E-state index in [1.807, 2.05) is 6.07 Å². The van der Waals surface area contributed by atoms with E-state index in [0.29, 0.717) is 5.95 Å². The molecule has 10 rings (SSSR count). The fraction of sp³-hybridized carbons (Fsp3) is 0. The maximum atomic E-state index is 5.37. The lowest BCUT2D eigenvalue weighted by atomic mass is 10.0. The third-order valence-electron chi connectivity index (χ3n) is 9.30. The first-order valence-corrected chi connectivity index (χ1v) is 15.6. The molecule has 0 aliphatic carbocycles. The van der Waals surface area contributed by atoms with Gasteiger partial charge in [-0.15, -0.1) is 0 Å². The van der Waals surface area contributed by atoms with E-state index in [4.69, 9.17) is 9.97 Å². The quantitative estimate of drug-likeness (QED) is 0.206. The first kappa shape index (κ1) is 25.1. The summed E-state index contributed by atoms with van der Waals surface area (Å²) in [6.07, 6.45) is 0. The highest BCUT2D eigenvalue weighted by atomic mass is 15.2. The van der Waals surface area contributed by atoms with Crippen molar-refractivity contribution in [3.8, 4) is 22.9 Å². The maximum absolute atomic E-state index is 5.37. The Morgan fingerprint density at radius 3 is 1.89 bits per heavy atom. The van der Waals surface area contributed by atoms with Crippen molar-refractivity contribution in [2.24, 2.45) is 0 Å². The molecule has 0 aliphatic heterocycles. The number of benzene rings is 7. The summed E-state index contributed by atoms with van der Waals surface area (Å²) in [4.78, 5) is 10.6. The lowest BCUT2D eigenvalue weighted by Crippen LogP contribution is -2.04. The molecular formula is C42H26N4. The van der Waals surface area contributed by atoms with E-state index >= 15 is 0 Å². The fourth-order valence-corrected chi connectivity index (χ4v) is 7.28. The molecule has 0 bridgehead atoms. The Morgan fingerprint density at radius 1 is 0.391 bits per heavy atom. The number of nitrogens with zero attached hydrogens (tertiary/aromatic N) is 4. The van der Waals surface area contributed by atoms with Gasteiger partial charge in [0.1, 0.15) is 0 Å². The van der Waals surface area contributed by atoms with Crippen molar-refractivity contribution in [3.63, 3.8) is 0 Å². The summed E-state index contributed by atoms with van der Waals surface area (Å²) in [6, 6.07) is 55.9. The van der Waals surface area contributed by atoms with E-state index < -0.39 is 0 Å². The van der Waals surface area contributed by atoms with Gasteiger partial charge in [-0.1, -0.05) is 121 Å². The summed E-state index contributed by atoms with van der Waals surface area (Å²) >= 11 is 0. The topological polar surface area (TPSA) is 35.6 Å². The van der Waals surface area contributed by atoms with Crippen molar-refractivity contribution >= 4 is 65.3 Å². The van der Waals surface area contributed by atoms with E-state index in [-0.39, 0.29) is 0 Å². The third kappa shape index (κ3) is 3.55. The molecule has 0 atom stereocenters. The Hall–Kier alpha value is -6.26. The summed E-state index contributed by atoms with van der Waals surface area (Å²) in [5, 5.41) is 8.23. The van der Waals surface area contributed by atoms with E-state index in [1.165, 1.54) is 37.8 Å². The Bertz CT molecular complexity index is 2790. The Balaban J connectivity index is 1.41. The van der Waals surface area contributed by atoms with Crippen molar-refractivity contribution in [1.29, 1.82) is 0 Å². The average Bonchev–Trinajstić information content (AvgIpc) is 3.63. The van der Waals surface area contributed by atoms with E-state index in [9.17, 15) is 0 Å². The number of aromatic nitrogens is 4. The van der Waals surface area contributed by atoms with Gasteiger partial charge in [-0.2, -0.15) is 0 Å². The van der Waals surface area contributed by atoms with E-state index in [1.54, 1.807) is 0 Å². The normalized spacial score (nSPS) is 11.9. The molecule has 0 radical (unpaired) electrons. The highest BCUT2D eigenvalue weighted by Crippen LogP contribution is 2.41. The molecule has 0 N–H and O–H groups in total. The van der Waals surface area contributed by atoms with Gasteiger partial charge in [0.2, 0.25) is 5.95 Å². The van der Waals surface area contributed by atoms with Crippen LogP contribution >= 0.6 is 0 Å². The summed E-state index contributed by atoms with van der Waals surface area (Å²) in [5.74, 6) is 0.663. The molecule has 0 aliphatic rings. The molecule has 46 heavy (non-hydrogen) atoms. The predicted octanol–water partition coefficient (Wildman–Crippen LogP) is 10.6. The Morgan fingerprint density at radius 2 is 1.04 bits per heavy atom. The SMILES string of the molecule is c1ccc(-c2nc(-n3c4cc5c(cc4c4ccc6ccccc6c43)c3ccccc3n5-c3ccccc3)nc3ccccc23)cc1. The second-order valence-corrected chi connectivity index (χ2v) is 11.8. The van der Waals surface area contributed by atoms with Crippen molar-refractivity contribution in [1.82, 2.24) is 19.1 Å². The number of hydrogen-bond acceptors (Lipinski definition) is 2. The zero-order chi connectivity index (χ0) is 30.2. The van der Waals surface area contributed by atoms with Gasteiger partial charge in [-0.25, -0.2) is 9.97 Å². The van der Waals surface area contributed by atoms with Crippen LogP contribution in [0.3, 0.4) is 0 Å². The minimum absolute atomic E-state index is 0.663. The summed E-state index contributed by atoms with van der Waals surface area (Å²) in [6.45, 7) is 0. The largest absolute Gasteiger partial charge is 0.309 e. The second kappa shape index (κ2) is 9.62.